The highest BCUT2D eigenvalue weighted by molar-refractivity contribution is 5.77. The summed E-state index contributed by atoms with van der Waals surface area (Å²) in [6.45, 7) is 1.91. The molecular weight excluding hydrogens is 280 g/mol. The van der Waals surface area contributed by atoms with Gasteiger partial charge in [-0.25, -0.2) is 4.79 Å². The van der Waals surface area contributed by atoms with Gasteiger partial charge < -0.3 is 20.9 Å². The Morgan fingerprint density at radius 2 is 1.82 bits per heavy atom. The van der Waals surface area contributed by atoms with Gasteiger partial charge in [0.25, 0.3) is 0 Å². The lowest BCUT2D eigenvalue weighted by molar-refractivity contribution is -0.153. The van der Waals surface area contributed by atoms with Crippen LogP contribution in [0.1, 0.15) is 18.5 Å². The average Bonchev–Trinajstić information content (AvgIpc) is 2.54. The minimum atomic E-state index is -1.33. The number of benzene rings is 2. The van der Waals surface area contributed by atoms with Crippen molar-refractivity contribution in [2.75, 3.05) is 17.7 Å². The predicted molar refractivity (Wildman–Crippen MR) is 86.3 cm³/mol. The molecule has 0 spiro atoms. The van der Waals surface area contributed by atoms with Gasteiger partial charge in [-0.05, 0) is 24.6 Å². The SMILES string of the molecule is CCOC(=O)C(O)C(Nc1ccccc1N)c1ccccc1. The minimum absolute atomic E-state index is 0.213. The van der Waals surface area contributed by atoms with E-state index in [-0.39, 0.29) is 6.61 Å². The first kappa shape index (κ1) is 15.9. The van der Waals surface area contributed by atoms with Gasteiger partial charge in [-0.15, -0.1) is 0 Å². The van der Waals surface area contributed by atoms with Crippen LogP contribution in [0.4, 0.5) is 11.4 Å². The fourth-order valence-corrected chi connectivity index (χ4v) is 2.16. The van der Waals surface area contributed by atoms with Crippen molar-refractivity contribution in [3.8, 4) is 0 Å². The second-order valence-corrected chi connectivity index (χ2v) is 4.82. The van der Waals surface area contributed by atoms with Crippen molar-refractivity contribution in [3.63, 3.8) is 0 Å². The van der Waals surface area contributed by atoms with E-state index >= 15 is 0 Å². The number of hydrogen-bond acceptors (Lipinski definition) is 5. The van der Waals surface area contributed by atoms with Crippen LogP contribution in [0.3, 0.4) is 0 Å². The van der Waals surface area contributed by atoms with Crippen molar-refractivity contribution in [2.24, 2.45) is 0 Å². The number of carbonyl (C=O) groups is 1. The van der Waals surface area contributed by atoms with Gasteiger partial charge in [-0.3, -0.25) is 0 Å². The van der Waals surface area contributed by atoms with Crippen LogP contribution in [0, 0.1) is 0 Å². The Morgan fingerprint density at radius 3 is 2.45 bits per heavy atom. The monoisotopic (exact) mass is 300 g/mol. The Morgan fingerprint density at radius 1 is 1.18 bits per heavy atom. The summed E-state index contributed by atoms with van der Waals surface area (Å²) >= 11 is 0. The summed E-state index contributed by atoms with van der Waals surface area (Å²) in [7, 11) is 0. The molecule has 22 heavy (non-hydrogen) atoms. The topological polar surface area (TPSA) is 84.6 Å². The normalized spacial score (nSPS) is 13.2. The van der Waals surface area contributed by atoms with E-state index in [9.17, 15) is 9.90 Å². The Bertz CT molecular complexity index is 616. The fraction of sp³-hybridized carbons (Fsp3) is 0.235. The fourth-order valence-electron chi connectivity index (χ4n) is 2.16. The second-order valence-electron chi connectivity index (χ2n) is 4.82. The lowest BCUT2D eigenvalue weighted by Crippen LogP contribution is -2.34. The van der Waals surface area contributed by atoms with Crippen molar-refractivity contribution >= 4 is 17.3 Å². The summed E-state index contributed by atoms with van der Waals surface area (Å²) in [6.07, 6.45) is -1.33. The summed E-state index contributed by atoms with van der Waals surface area (Å²) in [5.41, 5.74) is 7.88. The van der Waals surface area contributed by atoms with Gasteiger partial charge in [0.05, 0.1) is 24.0 Å². The van der Waals surface area contributed by atoms with Crippen LogP contribution >= 0.6 is 0 Å². The van der Waals surface area contributed by atoms with Gasteiger partial charge in [-0.1, -0.05) is 42.5 Å². The van der Waals surface area contributed by atoms with Crippen molar-refractivity contribution in [3.05, 3.63) is 60.2 Å². The quantitative estimate of drug-likeness (QED) is 0.563. The molecule has 0 saturated carbocycles. The number of aliphatic hydroxyl groups is 1. The molecule has 0 aromatic heterocycles. The van der Waals surface area contributed by atoms with Crippen LogP contribution in [-0.2, 0) is 9.53 Å². The number of rotatable bonds is 6. The molecule has 0 radical (unpaired) electrons. The predicted octanol–water partition coefficient (Wildman–Crippen LogP) is 2.35. The lowest BCUT2D eigenvalue weighted by Gasteiger charge is -2.25. The molecule has 2 rings (SSSR count). The number of carbonyl (C=O) groups excluding carboxylic acids is 1. The first-order valence-corrected chi connectivity index (χ1v) is 7.14. The maximum atomic E-state index is 11.9. The second kappa shape index (κ2) is 7.47. The molecule has 0 amide bonds. The Balaban J connectivity index is 2.30. The van der Waals surface area contributed by atoms with Gasteiger partial charge >= 0.3 is 5.97 Å². The molecule has 0 saturated heterocycles. The molecule has 0 fully saturated rings. The number of nitrogen functional groups attached to an aromatic ring is 1. The molecule has 0 heterocycles. The van der Waals surface area contributed by atoms with Gasteiger partial charge in [-0.2, -0.15) is 0 Å². The third kappa shape index (κ3) is 3.77. The Labute approximate surface area is 129 Å². The van der Waals surface area contributed by atoms with Crippen LogP contribution in [0.5, 0.6) is 0 Å². The molecule has 2 aromatic rings. The minimum Gasteiger partial charge on any atom is -0.464 e. The lowest BCUT2D eigenvalue weighted by atomic mass is 10.0. The van der Waals surface area contributed by atoms with Crippen molar-refractivity contribution < 1.29 is 14.6 Å². The molecule has 4 N–H and O–H groups in total. The molecule has 2 atom stereocenters. The molecule has 0 aliphatic rings. The number of anilines is 2. The summed E-state index contributed by atoms with van der Waals surface area (Å²) in [4.78, 5) is 11.9. The van der Waals surface area contributed by atoms with Crippen LogP contribution in [0.25, 0.3) is 0 Å². The zero-order valence-electron chi connectivity index (χ0n) is 12.4. The number of esters is 1. The van der Waals surface area contributed by atoms with E-state index in [0.29, 0.717) is 11.4 Å². The van der Waals surface area contributed by atoms with Gasteiger partial charge in [0.1, 0.15) is 0 Å². The molecule has 5 nitrogen and oxygen atoms in total. The van der Waals surface area contributed by atoms with Crippen molar-refractivity contribution in [2.45, 2.75) is 19.1 Å². The number of nitrogens with one attached hydrogen (secondary N) is 1. The van der Waals surface area contributed by atoms with E-state index in [1.165, 1.54) is 0 Å². The van der Waals surface area contributed by atoms with Crippen LogP contribution in [0.2, 0.25) is 0 Å². The number of nitrogens with two attached hydrogens (primary N) is 1. The molecule has 2 aromatic carbocycles. The molecule has 5 heteroatoms. The summed E-state index contributed by atoms with van der Waals surface area (Å²) < 4.78 is 4.91. The number of aliphatic hydroxyl groups excluding tert-OH is 1. The summed E-state index contributed by atoms with van der Waals surface area (Å²) in [5, 5.41) is 13.5. The van der Waals surface area contributed by atoms with Crippen LogP contribution in [-0.4, -0.2) is 23.8 Å². The van der Waals surface area contributed by atoms with E-state index in [1.807, 2.05) is 42.5 Å². The smallest absolute Gasteiger partial charge is 0.337 e. The van der Waals surface area contributed by atoms with Crippen LogP contribution < -0.4 is 11.1 Å². The van der Waals surface area contributed by atoms with Crippen molar-refractivity contribution in [1.82, 2.24) is 0 Å². The van der Waals surface area contributed by atoms with Gasteiger partial charge in [0, 0.05) is 0 Å². The van der Waals surface area contributed by atoms with Gasteiger partial charge in [0.15, 0.2) is 6.10 Å². The Hall–Kier alpha value is -2.53. The molecule has 2 unspecified atom stereocenters. The molecule has 0 aliphatic heterocycles. The highest BCUT2D eigenvalue weighted by Gasteiger charge is 2.29. The average molecular weight is 300 g/mol. The standard InChI is InChI=1S/C17H20N2O3/c1-2-22-17(21)16(20)15(12-8-4-3-5-9-12)19-14-11-7-6-10-13(14)18/h3-11,15-16,19-20H,2,18H2,1H3. The highest BCUT2D eigenvalue weighted by atomic mass is 16.5. The van der Waals surface area contributed by atoms with E-state index in [2.05, 4.69) is 5.32 Å². The molecule has 0 aliphatic carbocycles. The zero-order chi connectivity index (χ0) is 15.9. The first-order valence-electron chi connectivity index (χ1n) is 7.14. The first-order chi connectivity index (χ1) is 10.6. The molecule has 0 bridgehead atoms. The molecule has 116 valence electrons. The maximum Gasteiger partial charge on any atom is 0.337 e. The Kier molecular flexibility index (Phi) is 5.38. The highest BCUT2D eigenvalue weighted by Crippen LogP contribution is 2.27. The van der Waals surface area contributed by atoms with Crippen LogP contribution in [0.15, 0.2) is 54.6 Å². The largest absolute Gasteiger partial charge is 0.464 e. The number of para-hydroxylation sites is 2. The third-order valence-electron chi connectivity index (χ3n) is 3.27. The zero-order valence-corrected chi connectivity index (χ0v) is 12.4. The van der Waals surface area contributed by atoms with E-state index in [0.717, 1.165) is 5.56 Å². The third-order valence-corrected chi connectivity index (χ3v) is 3.27. The van der Waals surface area contributed by atoms with Crippen molar-refractivity contribution in [1.29, 1.82) is 0 Å². The summed E-state index contributed by atoms with van der Waals surface area (Å²) in [5.74, 6) is -0.668. The van der Waals surface area contributed by atoms with E-state index in [1.54, 1.807) is 19.1 Å². The van der Waals surface area contributed by atoms with Gasteiger partial charge in [0.2, 0.25) is 0 Å². The number of hydrogen-bond donors (Lipinski definition) is 3. The molecular formula is C17H20N2O3. The number of ether oxygens (including phenoxy) is 1. The summed E-state index contributed by atoms with van der Waals surface area (Å²) in [6, 6.07) is 15.8. The van der Waals surface area contributed by atoms with E-state index in [4.69, 9.17) is 10.5 Å². The maximum absolute atomic E-state index is 11.9. The van der Waals surface area contributed by atoms with E-state index < -0.39 is 18.1 Å².